The van der Waals surface area contributed by atoms with Gasteiger partial charge in [0, 0.05) is 34.9 Å². The molecule has 5 rings (SSSR count). The molecule has 178 valence electrons. The lowest BCUT2D eigenvalue weighted by Crippen LogP contribution is -2.38. The smallest absolute Gasteiger partial charge is 0.258 e. The lowest BCUT2D eigenvalue weighted by atomic mass is 9.94. The Kier molecular flexibility index (Phi) is 6.60. The van der Waals surface area contributed by atoms with E-state index in [4.69, 9.17) is 11.6 Å². The zero-order valence-electron chi connectivity index (χ0n) is 19.7. The molecule has 0 saturated heterocycles. The Morgan fingerprint density at radius 1 is 0.943 bits per heavy atom. The molecule has 1 aliphatic heterocycles. The van der Waals surface area contributed by atoms with Crippen molar-refractivity contribution in [3.05, 3.63) is 94.5 Å². The van der Waals surface area contributed by atoms with Crippen LogP contribution in [-0.4, -0.2) is 29.8 Å². The second kappa shape index (κ2) is 9.96. The van der Waals surface area contributed by atoms with Crippen molar-refractivity contribution in [3.63, 3.8) is 0 Å². The van der Waals surface area contributed by atoms with Crippen LogP contribution < -0.4 is 10.6 Å². The minimum Gasteiger partial charge on any atom is -0.354 e. The highest BCUT2D eigenvalue weighted by atomic mass is 35.5. The Balaban J connectivity index is 1.45. The molecule has 1 aliphatic carbocycles. The van der Waals surface area contributed by atoms with E-state index in [0.717, 1.165) is 29.7 Å². The molecule has 5 nitrogen and oxygen atoms in total. The SMILES string of the molecule is CN(C(=O)c1ccc(N/C(=C2\C(=O)Nc3cc(Cl)ccc32)c2ccccc2)cc1)C1CCCCC1. The Hall–Kier alpha value is -3.57. The largest absolute Gasteiger partial charge is 0.354 e. The molecule has 1 heterocycles. The van der Waals surface area contributed by atoms with Crippen LogP contribution in [0.3, 0.4) is 0 Å². The van der Waals surface area contributed by atoms with Crippen LogP contribution in [0.15, 0.2) is 72.8 Å². The molecule has 1 fully saturated rings. The van der Waals surface area contributed by atoms with E-state index < -0.39 is 0 Å². The second-order valence-corrected chi connectivity index (χ2v) is 9.61. The van der Waals surface area contributed by atoms with Gasteiger partial charge in [-0.3, -0.25) is 9.59 Å². The monoisotopic (exact) mass is 485 g/mol. The van der Waals surface area contributed by atoms with Crippen molar-refractivity contribution < 1.29 is 9.59 Å². The fourth-order valence-electron chi connectivity index (χ4n) is 4.96. The van der Waals surface area contributed by atoms with Gasteiger partial charge in [-0.2, -0.15) is 0 Å². The Morgan fingerprint density at radius 3 is 2.37 bits per heavy atom. The van der Waals surface area contributed by atoms with E-state index in [1.54, 1.807) is 12.1 Å². The van der Waals surface area contributed by atoms with E-state index in [2.05, 4.69) is 10.6 Å². The topological polar surface area (TPSA) is 61.4 Å². The number of fused-ring (bicyclic) bond motifs is 1. The molecule has 0 spiro atoms. The third kappa shape index (κ3) is 4.82. The van der Waals surface area contributed by atoms with Gasteiger partial charge in [-0.25, -0.2) is 0 Å². The van der Waals surface area contributed by atoms with Crippen LogP contribution in [0.25, 0.3) is 11.3 Å². The fraction of sp³-hybridized carbons (Fsp3) is 0.241. The average molecular weight is 486 g/mol. The molecular formula is C29H28ClN3O2. The van der Waals surface area contributed by atoms with Gasteiger partial charge in [0.15, 0.2) is 0 Å². The molecule has 3 aromatic carbocycles. The van der Waals surface area contributed by atoms with Gasteiger partial charge in [-0.15, -0.1) is 0 Å². The zero-order chi connectivity index (χ0) is 24.4. The standard InChI is InChI=1S/C29H28ClN3O2/c1-33(23-10-6-3-7-11-23)29(35)20-12-15-22(16-13-20)31-27(19-8-4-2-5-9-19)26-24-17-14-21(30)18-25(24)32-28(26)34/h2,4-5,8-9,12-18,23,31H,3,6-7,10-11H2,1H3,(H,32,34)/b27-26-. The summed E-state index contributed by atoms with van der Waals surface area (Å²) in [5.41, 5.74) is 5.09. The predicted molar refractivity (Wildman–Crippen MR) is 142 cm³/mol. The summed E-state index contributed by atoms with van der Waals surface area (Å²) in [4.78, 5) is 28.0. The van der Waals surface area contributed by atoms with Crippen LogP contribution in [0.1, 0.15) is 53.6 Å². The molecule has 2 N–H and O–H groups in total. The van der Waals surface area contributed by atoms with Gasteiger partial charge >= 0.3 is 0 Å². The first-order valence-electron chi connectivity index (χ1n) is 12.1. The molecular weight excluding hydrogens is 458 g/mol. The molecule has 3 aromatic rings. The molecule has 0 bridgehead atoms. The number of halogens is 1. The maximum atomic E-state index is 13.0. The number of carbonyl (C=O) groups excluding carboxylic acids is 2. The van der Waals surface area contributed by atoms with Crippen molar-refractivity contribution in [1.82, 2.24) is 4.90 Å². The maximum Gasteiger partial charge on any atom is 0.258 e. The summed E-state index contributed by atoms with van der Waals surface area (Å²) in [6.07, 6.45) is 5.78. The van der Waals surface area contributed by atoms with Crippen LogP contribution in [0.5, 0.6) is 0 Å². The molecule has 0 atom stereocenters. The first-order chi connectivity index (χ1) is 17.0. The lowest BCUT2D eigenvalue weighted by Gasteiger charge is -2.31. The molecule has 2 aliphatic rings. The number of rotatable bonds is 5. The van der Waals surface area contributed by atoms with Crippen LogP contribution in [0.2, 0.25) is 5.02 Å². The van der Waals surface area contributed by atoms with E-state index in [9.17, 15) is 9.59 Å². The second-order valence-electron chi connectivity index (χ2n) is 9.17. The summed E-state index contributed by atoms with van der Waals surface area (Å²) < 4.78 is 0. The highest BCUT2D eigenvalue weighted by Gasteiger charge is 2.29. The van der Waals surface area contributed by atoms with Crippen LogP contribution in [0, 0.1) is 0 Å². The Morgan fingerprint density at radius 2 is 1.66 bits per heavy atom. The van der Waals surface area contributed by atoms with Crippen molar-refractivity contribution in [2.45, 2.75) is 38.1 Å². The Bertz CT molecular complexity index is 1280. The summed E-state index contributed by atoms with van der Waals surface area (Å²) in [6.45, 7) is 0. The van der Waals surface area contributed by atoms with Crippen LogP contribution in [0.4, 0.5) is 11.4 Å². The molecule has 6 heteroatoms. The van der Waals surface area contributed by atoms with Crippen LogP contribution in [-0.2, 0) is 4.79 Å². The summed E-state index contributed by atoms with van der Waals surface area (Å²) in [5.74, 6) is -0.138. The van der Waals surface area contributed by atoms with E-state index in [1.807, 2.05) is 72.6 Å². The van der Waals surface area contributed by atoms with E-state index in [1.165, 1.54) is 19.3 Å². The summed E-state index contributed by atoms with van der Waals surface area (Å²) >= 11 is 6.14. The molecule has 35 heavy (non-hydrogen) atoms. The normalized spacial score (nSPS) is 16.9. The number of nitrogens with one attached hydrogen (secondary N) is 2. The molecule has 0 radical (unpaired) electrons. The highest BCUT2D eigenvalue weighted by molar-refractivity contribution is 6.38. The maximum absolute atomic E-state index is 13.0. The van der Waals surface area contributed by atoms with Gasteiger partial charge in [0.25, 0.3) is 11.8 Å². The number of benzene rings is 3. The highest BCUT2D eigenvalue weighted by Crippen LogP contribution is 2.38. The number of hydrogen-bond acceptors (Lipinski definition) is 3. The minimum atomic E-state index is -0.186. The Labute approximate surface area is 210 Å². The lowest BCUT2D eigenvalue weighted by molar-refractivity contribution is -0.110. The first-order valence-corrected chi connectivity index (χ1v) is 12.4. The zero-order valence-corrected chi connectivity index (χ0v) is 20.4. The number of amides is 2. The van der Waals surface area contributed by atoms with E-state index >= 15 is 0 Å². The number of anilines is 2. The van der Waals surface area contributed by atoms with Crippen molar-refractivity contribution >= 4 is 46.1 Å². The van der Waals surface area contributed by atoms with Crippen molar-refractivity contribution in [3.8, 4) is 0 Å². The van der Waals surface area contributed by atoms with Gasteiger partial charge in [0.2, 0.25) is 0 Å². The summed E-state index contributed by atoms with van der Waals surface area (Å²) in [6, 6.07) is 22.9. The predicted octanol–water partition coefficient (Wildman–Crippen LogP) is 6.68. The molecule has 2 amide bonds. The van der Waals surface area contributed by atoms with E-state index in [0.29, 0.717) is 33.6 Å². The molecule has 1 saturated carbocycles. The van der Waals surface area contributed by atoms with Crippen molar-refractivity contribution in [2.24, 2.45) is 0 Å². The minimum absolute atomic E-state index is 0.0473. The van der Waals surface area contributed by atoms with Crippen molar-refractivity contribution in [1.29, 1.82) is 0 Å². The van der Waals surface area contributed by atoms with Gasteiger partial charge in [-0.1, -0.05) is 67.3 Å². The fourth-order valence-corrected chi connectivity index (χ4v) is 5.13. The molecule has 0 aromatic heterocycles. The first kappa shape index (κ1) is 23.2. The summed E-state index contributed by atoms with van der Waals surface area (Å²) in [7, 11) is 1.91. The number of carbonyl (C=O) groups is 2. The van der Waals surface area contributed by atoms with Crippen molar-refractivity contribution in [2.75, 3.05) is 17.7 Å². The van der Waals surface area contributed by atoms with Crippen LogP contribution >= 0.6 is 11.6 Å². The molecule has 0 unspecified atom stereocenters. The van der Waals surface area contributed by atoms with E-state index in [-0.39, 0.29) is 11.8 Å². The van der Waals surface area contributed by atoms with Gasteiger partial charge in [0.05, 0.1) is 17.0 Å². The average Bonchev–Trinajstić information content (AvgIpc) is 3.22. The number of nitrogens with zero attached hydrogens (tertiary/aromatic N) is 1. The quantitative estimate of drug-likeness (QED) is 0.396. The van der Waals surface area contributed by atoms with Gasteiger partial charge in [0.1, 0.15) is 0 Å². The van der Waals surface area contributed by atoms with Gasteiger partial charge in [-0.05, 0) is 54.8 Å². The third-order valence-corrected chi connectivity index (χ3v) is 7.12. The summed E-state index contributed by atoms with van der Waals surface area (Å²) in [5, 5.41) is 6.93. The van der Waals surface area contributed by atoms with Gasteiger partial charge < -0.3 is 15.5 Å². The third-order valence-electron chi connectivity index (χ3n) is 6.88. The number of hydrogen-bond donors (Lipinski definition) is 2.